The van der Waals surface area contributed by atoms with Gasteiger partial charge in [0.25, 0.3) is 0 Å². The maximum atomic E-state index is 4.55. The summed E-state index contributed by atoms with van der Waals surface area (Å²) >= 11 is 3.62. The molecule has 3 rings (SSSR count). The Hall–Kier alpha value is -1.19. The van der Waals surface area contributed by atoms with Crippen molar-refractivity contribution in [3.63, 3.8) is 0 Å². The average molecular weight is 345 g/mol. The molecule has 1 unspecified atom stereocenters. The van der Waals surface area contributed by atoms with Crippen molar-refractivity contribution in [2.24, 2.45) is 0 Å². The molecule has 0 spiro atoms. The van der Waals surface area contributed by atoms with Crippen LogP contribution < -0.4 is 5.32 Å². The van der Waals surface area contributed by atoms with E-state index in [2.05, 4.69) is 63.5 Å². The summed E-state index contributed by atoms with van der Waals surface area (Å²) in [6, 6.07) is 13.2. The number of benzene rings is 1. The van der Waals surface area contributed by atoms with E-state index in [1.807, 2.05) is 12.3 Å². The van der Waals surface area contributed by atoms with Crippen molar-refractivity contribution >= 4 is 15.9 Å². The molecule has 110 valence electrons. The molecule has 1 heterocycles. The fourth-order valence-corrected chi connectivity index (χ4v) is 3.37. The third-order valence-electron chi connectivity index (χ3n) is 4.31. The first-order valence-electron chi connectivity index (χ1n) is 7.73. The number of hydrogen-bond donors (Lipinski definition) is 1. The molecule has 0 bridgehead atoms. The van der Waals surface area contributed by atoms with Gasteiger partial charge >= 0.3 is 0 Å². The van der Waals surface area contributed by atoms with Crippen LogP contribution in [0.1, 0.15) is 55.0 Å². The Kier molecular flexibility index (Phi) is 4.71. The van der Waals surface area contributed by atoms with Crippen molar-refractivity contribution in [3.8, 4) is 0 Å². The summed E-state index contributed by atoms with van der Waals surface area (Å²) in [5.74, 6) is 0.790. The van der Waals surface area contributed by atoms with Gasteiger partial charge in [-0.15, -0.1) is 0 Å². The Labute approximate surface area is 135 Å². The van der Waals surface area contributed by atoms with E-state index in [0.29, 0.717) is 0 Å². The Morgan fingerprint density at radius 2 is 2.00 bits per heavy atom. The first-order valence-corrected chi connectivity index (χ1v) is 8.52. The molecule has 0 saturated heterocycles. The molecule has 2 nitrogen and oxygen atoms in total. The molecule has 0 aliphatic heterocycles. The Morgan fingerprint density at radius 3 is 2.57 bits per heavy atom. The highest BCUT2D eigenvalue weighted by molar-refractivity contribution is 9.10. The van der Waals surface area contributed by atoms with Gasteiger partial charge in [-0.1, -0.05) is 37.6 Å². The minimum atomic E-state index is 0.140. The largest absolute Gasteiger partial charge is 0.305 e. The predicted molar refractivity (Wildman–Crippen MR) is 90.5 cm³/mol. The van der Waals surface area contributed by atoms with E-state index in [0.717, 1.165) is 22.6 Å². The third kappa shape index (κ3) is 3.19. The minimum absolute atomic E-state index is 0.140. The molecular formula is C18H21BrN2. The van der Waals surface area contributed by atoms with Crippen LogP contribution >= 0.6 is 15.9 Å². The molecule has 21 heavy (non-hydrogen) atoms. The second kappa shape index (κ2) is 6.71. The molecule has 1 N–H and O–H groups in total. The average Bonchev–Trinajstić information content (AvgIpc) is 2.45. The van der Waals surface area contributed by atoms with Crippen LogP contribution in [0.3, 0.4) is 0 Å². The van der Waals surface area contributed by atoms with Crippen molar-refractivity contribution in [1.82, 2.24) is 10.3 Å². The lowest BCUT2D eigenvalue weighted by Crippen LogP contribution is -2.23. The smallest absolute Gasteiger partial charge is 0.0762 e. The highest BCUT2D eigenvalue weighted by Gasteiger charge is 2.21. The predicted octanol–water partition coefficient (Wildman–Crippen LogP) is 4.81. The van der Waals surface area contributed by atoms with Crippen LogP contribution in [0.2, 0.25) is 0 Å². The lowest BCUT2D eigenvalue weighted by atomic mass is 9.80. The molecule has 1 aromatic carbocycles. The first-order chi connectivity index (χ1) is 10.3. The summed E-state index contributed by atoms with van der Waals surface area (Å²) in [5, 5.41) is 3.54. The zero-order chi connectivity index (χ0) is 14.7. The van der Waals surface area contributed by atoms with Crippen molar-refractivity contribution < 1.29 is 0 Å². The summed E-state index contributed by atoms with van der Waals surface area (Å²) in [6.45, 7) is 3.05. The second-order valence-corrected chi connectivity index (χ2v) is 6.51. The summed E-state index contributed by atoms with van der Waals surface area (Å²) in [6.07, 6.45) is 5.93. The first kappa shape index (κ1) is 14.7. The summed E-state index contributed by atoms with van der Waals surface area (Å²) in [4.78, 5) is 4.55. The standard InChI is InChI=1S/C18H21BrN2/c1-2-20-17(18-16(19)7-4-12-21-18)15-10-8-14(9-11-15)13-5-3-6-13/h4,7-13,17,20H,2-3,5-6H2,1H3. The summed E-state index contributed by atoms with van der Waals surface area (Å²) in [5.41, 5.74) is 3.82. The van der Waals surface area contributed by atoms with E-state index in [-0.39, 0.29) is 6.04 Å². The molecule has 1 aromatic heterocycles. The fraction of sp³-hybridized carbons (Fsp3) is 0.389. The molecule has 3 heteroatoms. The number of aromatic nitrogens is 1. The number of nitrogens with zero attached hydrogens (tertiary/aromatic N) is 1. The zero-order valence-electron chi connectivity index (χ0n) is 12.3. The Bertz CT molecular complexity index is 590. The molecule has 2 aromatic rings. The minimum Gasteiger partial charge on any atom is -0.305 e. The molecule has 1 fully saturated rings. The van der Waals surface area contributed by atoms with Gasteiger partial charge in [-0.25, -0.2) is 0 Å². The molecule has 1 atom stereocenters. The van der Waals surface area contributed by atoms with Gasteiger partial charge in [0.2, 0.25) is 0 Å². The maximum absolute atomic E-state index is 4.55. The van der Waals surface area contributed by atoms with Gasteiger partial charge in [0.1, 0.15) is 0 Å². The SMILES string of the molecule is CCNC(c1ccc(C2CCC2)cc1)c1ncccc1Br. The van der Waals surface area contributed by atoms with Gasteiger partial charge in [0.15, 0.2) is 0 Å². The van der Waals surface area contributed by atoms with Crippen molar-refractivity contribution in [1.29, 1.82) is 0 Å². The number of rotatable bonds is 5. The van der Waals surface area contributed by atoms with Crippen LogP contribution in [0.25, 0.3) is 0 Å². The van der Waals surface area contributed by atoms with Crippen molar-refractivity contribution in [3.05, 3.63) is 63.9 Å². The highest BCUT2D eigenvalue weighted by Crippen LogP contribution is 2.37. The van der Waals surface area contributed by atoms with Gasteiger partial charge in [0, 0.05) is 10.7 Å². The summed E-state index contributed by atoms with van der Waals surface area (Å²) < 4.78 is 1.05. The quantitative estimate of drug-likeness (QED) is 0.841. The Balaban J connectivity index is 1.88. The molecular weight excluding hydrogens is 324 g/mol. The van der Waals surface area contributed by atoms with Gasteiger partial charge in [-0.2, -0.15) is 0 Å². The van der Waals surface area contributed by atoms with E-state index in [1.54, 1.807) is 0 Å². The van der Waals surface area contributed by atoms with Gasteiger partial charge < -0.3 is 5.32 Å². The zero-order valence-corrected chi connectivity index (χ0v) is 13.9. The van der Waals surface area contributed by atoms with E-state index in [1.165, 1.54) is 30.4 Å². The number of nitrogens with one attached hydrogen (secondary N) is 1. The molecule has 1 aliphatic carbocycles. The van der Waals surface area contributed by atoms with E-state index in [9.17, 15) is 0 Å². The van der Waals surface area contributed by atoms with Gasteiger partial charge in [0.05, 0.1) is 11.7 Å². The highest BCUT2D eigenvalue weighted by atomic mass is 79.9. The second-order valence-electron chi connectivity index (χ2n) is 5.66. The normalized spacial score (nSPS) is 16.5. The topological polar surface area (TPSA) is 24.9 Å². The van der Waals surface area contributed by atoms with Crippen LogP contribution in [0, 0.1) is 0 Å². The maximum Gasteiger partial charge on any atom is 0.0762 e. The lowest BCUT2D eigenvalue weighted by molar-refractivity contribution is 0.419. The number of halogens is 1. The van der Waals surface area contributed by atoms with E-state index >= 15 is 0 Å². The van der Waals surface area contributed by atoms with Crippen LogP contribution in [0.4, 0.5) is 0 Å². The molecule has 1 aliphatic rings. The van der Waals surface area contributed by atoms with Gasteiger partial charge in [-0.05, 0) is 64.5 Å². The van der Waals surface area contributed by atoms with Crippen LogP contribution in [-0.2, 0) is 0 Å². The monoisotopic (exact) mass is 344 g/mol. The van der Waals surface area contributed by atoms with E-state index < -0.39 is 0 Å². The van der Waals surface area contributed by atoms with Crippen LogP contribution in [0.15, 0.2) is 47.1 Å². The van der Waals surface area contributed by atoms with Crippen LogP contribution in [-0.4, -0.2) is 11.5 Å². The number of pyridine rings is 1. The van der Waals surface area contributed by atoms with Gasteiger partial charge in [-0.3, -0.25) is 4.98 Å². The van der Waals surface area contributed by atoms with E-state index in [4.69, 9.17) is 0 Å². The van der Waals surface area contributed by atoms with Crippen molar-refractivity contribution in [2.75, 3.05) is 6.54 Å². The lowest BCUT2D eigenvalue weighted by Gasteiger charge is -2.26. The fourth-order valence-electron chi connectivity index (χ4n) is 2.89. The van der Waals surface area contributed by atoms with Crippen LogP contribution in [0.5, 0.6) is 0 Å². The summed E-state index contributed by atoms with van der Waals surface area (Å²) in [7, 11) is 0. The number of hydrogen-bond acceptors (Lipinski definition) is 2. The molecule has 0 amide bonds. The molecule has 0 radical (unpaired) electrons. The molecule has 1 saturated carbocycles. The third-order valence-corrected chi connectivity index (χ3v) is 4.99. The van der Waals surface area contributed by atoms with Crippen molar-refractivity contribution in [2.45, 2.75) is 38.1 Å². The Morgan fingerprint density at radius 1 is 1.24 bits per heavy atom.